The van der Waals surface area contributed by atoms with Gasteiger partial charge in [-0.05, 0) is 0 Å². The molecule has 0 amide bonds. The molecule has 7 heteroatoms. The third kappa shape index (κ3) is 2.25. The molecule has 0 aliphatic heterocycles. The number of alkyl halides is 2. The van der Waals surface area contributed by atoms with Crippen molar-refractivity contribution in [3.8, 4) is 0 Å². The summed E-state index contributed by atoms with van der Waals surface area (Å²) in [6, 6.07) is 0. The van der Waals surface area contributed by atoms with Gasteiger partial charge in [0.1, 0.15) is 0 Å². The van der Waals surface area contributed by atoms with Gasteiger partial charge in [0.15, 0.2) is 0 Å². The van der Waals surface area contributed by atoms with Gasteiger partial charge in [-0.3, -0.25) is 0 Å². The van der Waals surface area contributed by atoms with Crippen molar-refractivity contribution in [2.24, 2.45) is 0 Å². The molecule has 0 saturated heterocycles. The van der Waals surface area contributed by atoms with Gasteiger partial charge in [0, 0.05) is 0 Å². The second-order valence-corrected chi connectivity index (χ2v) is 3.26. The molecule has 0 rings (SSSR count). The zero-order valence-electron chi connectivity index (χ0n) is 4.01. The van der Waals surface area contributed by atoms with E-state index in [2.05, 4.69) is 0 Å². The molecule has 0 aromatic heterocycles. The Labute approximate surface area is 53.4 Å². The second kappa shape index (κ2) is 2.09. The van der Waals surface area contributed by atoms with E-state index in [4.69, 9.17) is 9.79 Å². The topological polar surface area (TPSA) is 57.5 Å². The average Bonchev–Trinajstić information content (AvgIpc) is 1.25. The van der Waals surface area contributed by atoms with E-state index in [9.17, 15) is 13.3 Å². The monoisotopic (exact) mass is 138 g/mol. The summed E-state index contributed by atoms with van der Waals surface area (Å²) < 4.78 is 28.6. The Balaban J connectivity index is 4.26. The fourth-order valence-corrected chi connectivity index (χ4v) is 0. The fraction of sp³-hybridized carbons (Fsp3) is 1.00. The van der Waals surface area contributed by atoms with E-state index in [1.807, 2.05) is 0 Å². The van der Waals surface area contributed by atoms with E-state index in [0.29, 0.717) is 0 Å². The van der Waals surface area contributed by atoms with Gasteiger partial charge < -0.3 is 0 Å². The summed E-state index contributed by atoms with van der Waals surface area (Å²) in [6.07, 6.45) is 0. The predicted octanol–water partition coefficient (Wildman–Crippen LogP) is -0.117. The van der Waals surface area contributed by atoms with Gasteiger partial charge in [0.2, 0.25) is 0 Å². The Morgan fingerprint density at radius 1 is 1.50 bits per heavy atom. The van der Waals surface area contributed by atoms with Gasteiger partial charge in [-0.2, -0.15) is 0 Å². The zero-order chi connectivity index (χ0) is 7.00. The number of rotatable bonds is 1. The molecule has 0 atom stereocenters. The number of hydrogen-bond donors (Lipinski definition) is 2. The second-order valence-electron chi connectivity index (χ2n) is 1.39. The molecule has 44 valence electrons. The van der Waals surface area contributed by atoms with Crippen LogP contribution >= 0.6 is 7.60 Å². The summed E-state index contributed by atoms with van der Waals surface area (Å²) in [5, 5.41) is 0. The first-order chi connectivity index (χ1) is 3.25. The summed E-state index contributed by atoms with van der Waals surface area (Å²) in [5.74, 6) is 0. The van der Waals surface area contributed by atoms with Crippen LogP contribution in [0, 0.1) is 0 Å². The molecular formula is CH2F2LiO3P. The van der Waals surface area contributed by atoms with Crippen LogP contribution in [-0.2, 0) is 4.57 Å². The number of hydrogen-bond acceptors (Lipinski definition) is 1. The summed E-state index contributed by atoms with van der Waals surface area (Å²) >= 11 is 0.174. The third-order valence-corrected chi connectivity index (χ3v) is 1.53. The minimum absolute atomic E-state index is 0.174. The molecule has 0 aliphatic rings. The Bertz CT molecular complexity index is 124. The van der Waals surface area contributed by atoms with Crippen molar-refractivity contribution in [2.45, 2.75) is 4.34 Å². The maximum atomic E-state index is 11.5. The van der Waals surface area contributed by atoms with Crippen molar-refractivity contribution in [2.75, 3.05) is 0 Å². The van der Waals surface area contributed by atoms with Crippen molar-refractivity contribution < 1.29 is 23.1 Å². The van der Waals surface area contributed by atoms with Crippen LogP contribution in [0.5, 0.6) is 0 Å². The quantitative estimate of drug-likeness (QED) is 0.392. The van der Waals surface area contributed by atoms with Gasteiger partial charge in [-0.15, -0.1) is 0 Å². The predicted molar refractivity (Wildman–Crippen MR) is 22.7 cm³/mol. The summed E-state index contributed by atoms with van der Waals surface area (Å²) in [6.45, 7) is 0. The molecule has 2 N–H and O–H groups in total. The van der Waals surface area contributed by atoms with Crippen molar-refractivity contribution in [1.29, 1.82) is 0 Å². The van der Waals surface area contributed by atoms with Crippen LogP contribution in [0.2, 0.25) is 0 Å². The van der Waals surface area contributed by atoms with Crippen molar-refractivity contribution >= 4 is 25.3 Å². The molecule has 0 spiro atoms. The zero-order valence-corrected chi connectivity index (χ0v) is 4.90. The van der Waals surface area contributed by atoms with Crippen LogP contribution < -0.4 is 0 Å². The van der Waals surface area contributed by atoms with E-state index in [-0.39, 0.29) is 17.7 Å². The minimum atomic E-state index is -5.18. The molecule has 0 fully saturated rings. The van der Waals surface area contributed by atoms with E-state index >= 15 is 0 Å². The van der Waals surface area contributed by atoms with Crippen LogP contribution in [0.3, 0.4) is 0 Å². The molecule has 0 radical (unpaired) electrons. The van der Waals surface area contributed by atoms with Gasteiger partial charge in [-0.1, -0.05) is 0 Å². The van der Waals surface area contributed by atoms with E-state index in [1.165, 1.54) is 0 Å². The summed E-state index contributed by atoms with van der Waals surface area (Å²) in [4.78, 5) is 15.4. The van der Waals surface area contributed by atoms with Gasteiger partial charge in [0.05, 0.1) is 0 Å². The first kappa shape index (κ1) is 8.61. The van der Waals surface area contributed by atoms with Crippen LogP contribution in [-0.4, -0.2) is 31.8 Å². The molecule has 3 nitrogen and oxygen atoms in total. The SMILES string of the molecule is [Li][C](F)(F)P(=O)(O)O. The first-order valence-electron chi connectivity index (χ1n) is 1.68. The Morgan fingerprint density at radius 3 is 1.62 bits per heavy atom. The molecule has 0 saturated carbocycles. The first-order valence-corrected chi connectivity index (χ1v) is 3.30. The van der Waals surface area contributed by atoms with Crippen molar-refractivity contribution in [3.63, 3.8) is 0 Å². The van der Waals surface area contributed by atoms with Crippen molar-refractivity contribution in [3.05, 3.63) is 0 Å². The summed E-state index contributed by atoms with van der Waals surface area (Å²) in [5.41, 5.74) is 0. The normalized spacial score (nSPS) is 14.2. The van der Waals surface area contributed by atoms with Crippen LogP contribution in [0.1, 0.15) is 0 Å². The molecular weight excluding hydrogens is 136 g/mol. The molecule has 0 bridgehead atoms. The van der Waals surface area contributed by atoms with Gasteiger partial charge in [-0.25, -0.2) is 0 Å². The van der Waals surface area contributed by atoms with Gasteiger partial charge >= 0.3 is 52.8 Å². The molecule has 0 aromatic rings. The van der Waals surface area contributed by atoms with E-state index in [1.54, 1.807) is 0 Å². The van der Waals surface area contributed by atoms with Crippen molar-refractivity contribution in [1.82, 2.24) is 0 Å². The Hall–Kier alpha value is 0.607. The number of halogens is 2. The third-order valence-electron chi connectivity index (χ3n) is 0.511. The molecule has 0 aliphatic carbocycles. The average molecular weight is 138 g/mol. The van der Waals surface area contributed by atoms with E-state index < -0.39 is 11.9 Å². The molecule has 8 heavy (non-hydrogen) atoms. The van der Waals surface area contributed by atoms with Gasteiger partial charge in [0.25, 0.3) is 0 Å². The molecule has 0 heterocycles. The standard InChI is InChI=1S/CH2F2O3P.Li/c2-1(3)7(4,5)6;/h(H2,4,5,6);. The van der Waals surface area contributed by atoms with Crippen LogP contribution in [0.4, 0.5) is 8.78 Å². The molecule has 0 aromatic carbocycles. The molecule has 0 unspecified atom stereocenters. The van der Waals surface area contributed by atoms with Crippen LogP contribution in [0.25, 0.3) is 0 Å². The fourth-order valence-electron chi connectivity index (χ4n) is 0. The van der Waals surface area contributed by atoms with E-state index in [0.717, 1.165) is 0 Å². The Kier molecular flexibility index (Phi) is 2.25. The van der Waals surface area contributed by atoms with Crippen LogP contribution in [0.15, 0.2) is 0 Å². The maximum absolute atomic E-state index is 11.5. The summed E-state index contributed by atoms with van der Waals surface area (Å²) in [7, 11) is -5.18. The Morgan fingerprint density at radius 2 is 1.62 bits per heavy atom.